The highest BCUT2D eigenvalue weighted by Gasteiger charge is 2.28. The van der Waals surface area contributed by atoms with Crippen LogP contribution in [0.25, 0.3) is 0 Å². The zero-order valence-corrected chi connectivity index (χ0v) is 11.1. The smallest absolute Gasteiger partial charge is 0.0529 e. The van der Waals surface area contributed by atoms with Crippen LogP contribution in [0.2, 0.25) is 0 Å². The Balaban J connectivity index is 1.97. The molecule has 0 radical (unpaired) electrons. The predicted molar refractivity (Wildman–Crippen MR) is 72.1 cm³/mol. The van der Waals surface area contributed by atoms with Gasteiger partial charge in [-0.25, -0.2) is 0 Å². The second-order valence-electron chi connectivity index (χ2n) is 5.41. The minimum absolute atomic E-state index is 0.457. The van der Waals surface area contributed by atoms with E-state index in [9.17, 15) is 0 Å². The second-order valence-corrected chi connectivity index (χ2v) is 6.44. The predicted octanol–water partition coefficient (Wildman–Crippen LogP) is 3.33. The van der Waals surface area contributed by atoms with E-state index in [1.54, 1.807) is 0 Å². The van der Waals surface area contributed by atoms with Crippen LogP contribution in [-0.4, -0.2) is 22.5 Å². The van der Waals surface area contributed by atoms with Gasteiger partial charge in [0.05, 0.1) is 11.9 Å². The maximum Gasteiger partial charge on any atom is 0.0529 e. The van der Waals surface area contributed by atoms with E-state index < -0.39 is 0 Å². The third-order valence-corrected chi connectivity index (χ3v) is 4.52. The van der Waals surface area contributed by atoms with Gasteiger partial charge in [0.1, 0.15) is 0 Å². The van der Waals surface area contributed by atoms with E-state index in [0.29, 0.717) is 11.5 Å². The summed E-state index contributed by atoms with van der Waals surface area (Å²) in [5, 5.41) is 3.58. The highest BCUT2D eigenvalue weighted by molar-refractivity contribution is 7.99. The standard InChI is InChI=1S/C13H20N2S/c1-10-4-5-11(7-14-10)15-12-6-13(2,3)9-16-8-12/h4-5,7,12,15H,6,8-9H2,1-3H3. The van der Waals surface area contributed by atoms with Gasteiger partial charge >= 0.3 is 0 Å². The SMILES string of the molecule is Cc1ccc(NC2CSCC(C)(C)C2)cn1. The number of thioether (sulfide) groups is 1. The van der Waals surface area contributed by atoms with Gasteiger partial charge in [0, 0.05) is 17.5 Å². The van der Waals surface area contributed by atoms with Crippen molar-refractivity contribution in [3.8, 4) is 0 Å². The van der Waals surface area contributed by atoms with Crippen molar-refractivity contribution in [1.82, 2.24) is 4.98 Å². The van der Waals surface area contributed by atoms with Crippen LogP contribution in [0.15, 0.2) is 18.3 Å². The fraction of sp³-hybridized carbons (Fsp3) is 0.615. The molecule has 1 aromatic heterocycles. The Morgan fingerprint density at radius 2 is 2.25 bits per heavy atom. The van der Waals surface area contributed by atoms with Crippen molar-refractivity contribution in [3.63, 3.8) is 0 Å². The van der Waals surface area contributed by atoms with Gasteiger partial charge in [-0.2, -0.15) is 11.8 Å². The third-order valence-electron chi connectivity index (χ3n) is 2.89. The first-order valence-corrected chi connectivity index (χ1v) is 6.98. The van der Waals surface area contributed by atoms with Gasteiger partial charge in [-0.1, -0.05) is 13.8 Å². The Hall–Kier alpha value is -0.700. The highest BCUT2D eigenvalue weighted by atomic mass is 32.2. The molecule has 0 saturated carbocycles. The lowest BCUT2D eigenvalue weighted by Crippen LogP contribution is -2.35. The number of rotatable bonds is 2. The van der Waals surface area contributed by atoms with Gasteiger partial charge in [-0.05, 0) is 36.6 Å². The zero-order valence-electron chi connectivity index (χ0n) is 10.3. The maximum atomic E-state index is 4.31. The molecule has 0 amide bonds. The van der Waals surface area contributed by atoms with E-state index in [1.165, 1.54) is 17.9 Å². The minimum Gasteiger partial charge on any atom is -0.380 e. The molecular formula is C13H20N2S. The monoisotopic (exact) mass is 236 g/mol. The lowest BCUT2D eigenvalue weighted by molar-refractivity contribution is 0.358. The Morgan fingerprint density at radius 3 is 2.88 bits per heavy atom. The number of hydrogen-bond donors (Lipinski definition) is 1. The number of anilines is 1. The average molecular weight is 236 g/mol. The Bertz CT molecular complexity index is 345. The molecule has 0 spiro atoms. The van der Waals surface area contributed by atoms with E-state index in [2.05, 4.69) is 36.3 Å². The fourth-order valence-corrected chi connectivity index (χ4v) is 3.42. The molecule has 0 bridgehead atoms. The van der Waals surface area contributed by atoms with Crippen LogP contribution in [0.4, 0.5) is 5.69 Å². The van der Waals surface area contributed by atoms with Gasteiger partial charge in [-0.3, -0.25) is 4.98 Å². The topological polar surface area (TPSA) is 24.9 Å². The quantitative estimate of drug-likeness (QED) is 0.852. The normalized spacial score (nSPS) is 24.1. The van der Waals surface area contributed by atoms with Gasteiger partial charge < -0.3 is 5.32 Å². The van der Waals surface area contributed by atoms with Crippen LogP contribution < -0.4 is 5.32 Å². The number of pyridine rings is 1. The van der Waals surface area contributed by atoms with Crippen molar-refractivity contribution in [2.45, 2.75) is 33.2 Å². The van der Waals surface area contributed by atoms with Gasteiger partial charge in [0.25, 0.3) is 0 Å². The Kier molecular flexibility index (Phi) is 3.43. The number of nitrogens with one attached hydrogen (secondary N) is 1. The van der Waals surface area contributed by atoms with Crippen molar-refractivity contribution in [2.24, 2.45) is 5.41 Å². The number of nitrogens with zero attached hydrogens (tertiary/aromatic N) is 1. The number of aryl methyl sites for hydroxylation is 1. The van der Waals surface area contributed by atoms with Crippen LogP contribution in [0.1, 0.15) is 26.0 Å². The zero-order chi connectivity index (χ0) is 11.6. The summed E-state index contributed by atoms with van der Waals surface area (Å²) in [5.41, 5.74) is 2.68. The Morgan fingerprint density at radius 1 is 1.44 bits per heavy atom. The summed E-state index contributed by atoms with van der Waals surface area (Å²) in [6.07, 6.45) is 3.18. The van der Waals surface area contributed by atoms with E-state index >= 15 is 0 Å². The van der Waals surface area contributed by atoms with Crippen molar-refractivity contribution >= 4 is 17.4 Å². The van der Waals surface area contributed by atoms with Crippen LogP contribution in [0.3, 0.4) is 0 Å². The summed E-state index contributed by atoms with van der Waals surface area (Å²) in [6, 6.07) is 4.76. The lowest BCUT2D eigenvalue weighted by Gasteiger charge is -2.35. The van der Waals surface area contributed by atoms with Crippen LogP contribution in [0, 0.1) is 12.3 Å². The first-order chi connectivity index (χ1) is 7.55. The molecule has 88 valence electrons. The summed E-state index contributed by atoms with van der Waals surface area (Å²) in [4.78, 5) is 4.31. The molecule has 2 rings (SSSR count). The summed E-state index contributed by atoms with van der Waals surface area (Å²) in [5.74, 6) is 2.48. The minimum atomic E-state index is 0.457. The molecule has 1 aliphatic rings. The Labute approximate surface area is 102 Å². The molecule has 16 heavy (non-hydrogen) atoms. The van der Waals surface area contributed by atoms with Crippen molar-refractivity contribution in [3.05, 3.63) is 24.0 Å². The maximum absolute atomic E-state index is 4.31. The highest BCUT2D eigenvalue weighted by Crippen LogP contribution is 2.34. The molecule has 1 unspecified atom stereocenters. The first kappa shape index (κ1) is 11.8. The van der Waals surface area contributed by atoms with Gasteiger partial charge in [-0.15, -0.1) is 0 Å². The van der Waals surface area contributed by atoms with Crippen LogP contribution in [-0.2, 0) is 0 Å². The van der Waals surface area contributed by atoms with E-state index in [4.69, 9.17) is 0 Å². The summed E-state index contributed by atoms with van der Waals surface area (Å²) in [7, 11) is 0. The summed E-state index contributed by atoms with van der Waals surface area (Å²) >= 11 is 2.05. The molecule has 2 nitrogen and oxygen atoms in total. The van der Waals surface area contributed by atoms with Crippen LogP contribution in [0.5, 0.6) is 0 Å². The molecule has 0 aliphatic carbocycles. The fourth-order valence-electron chi connectivity index (χ4n) is 2.14. The summed E-state index contributed by atoms with van der Waals surface area (Å²) < 4.78 is 0. The molecular weight excluding hydrogens is 216 g/mol. The van der Waals surface area contributed by atoms with E-state index in [0.717, 1.165) is 11.4 Å². The van der Waals surface area contributed by atoms with Gasteiger partial charge in [0.15, 0.2) is 0 Å². The van der Waals surface area contributed by atoms with Crippen molar-refractivity contribution in [2.75, 3.05) is 16.8 Å². The average Bonchev–Trinajstić information content (AvgIpc) is 2.20. The molecule has 3 heteroatoms. The largest absolute Gasteiger partial charge is 0.380 e. The molecule has 1 atom stereocenters. The lowest BCUT2D eigenvalue weighted by atomic mass is 9.88. The van der Waals surface area contributed by atoms with Crippen molar-refractivity contribution in [1.29, 1.82) is 0 Å². The number of aromatic nitrogens is 1. The number of hydrogen-bond acceptors (Lipinski definition) is 3. The van der Waals surface area contributed by atoms with Crippen LogP contribution >= 0.6 is 11.8 Å². The molecule has 0 aromatic carbocycles. The van der Waals surface area contributed by atoms with E-state index in [1.807, 2.05) is 24.9 Å². The molecule has 1 fully saturated rings. The molecule has 1 N–H and O–H groups in total. The molecule has 2 heterocycles. The first-order valence-electron chi connectivity index (χ1n) is 5.82. The summed E-state index contributed by atoms with van der Waals surface area (Å²) in [6.45, 7) is 6.71. The third kappa shape index (κ3) is 3.14. The van der Waals surface area contributed by atoms with Gasteiger partial charge in [0.2, 0.25) is 0 Å². The van der Waals surface area contributed by atoms with Crippen molar-refractivity contribution < 1.29 is 0 Å². The molecule has 1 saturated heterocycles. The molecule has 1 aliphatic heterocycles. The molecule has 1 aromatic rings. The second kappa shape index (κ2) is 4.66. The van der Waals surface area contributed by atoms with E-state index in [-0.39, 0.29) is 0 Å².